The molecule has 1 N–H and O–H groups in total. The minimum Gasteiger partial charge on any atom is -0.368 e. The second-order valence-corrected chi connectivity index (χ2v) is 3.52. The van der Waals surface area contributed by atoms with Crippen LogP contribution in [0.4, 0.5) is 5.13 Å². The van der Waals surface area contributed by atoms with Gasteiger partial charge in [-0.05, 0) is 12.8 Å². The van der Waals surface area contributed by atoms with Crippen molar-refractivity contribution in [2.75, 3.05) is 11.9 Å². The van der Waals surface area contributed by atoms with Crippen LogP contribution in [0.2, 0.25) is 0 Å². The van der Waals surface area contributed by atoms with Gasteiger partial charge in [0.1, 0.15) is 12.4 Å². The van der Waals surface area contributed by atoms with Crippen LogP contribution in [0.15, 0.2) is 6.33 Å². The Balaban J connectivity index is 1.91. The predicted octanol–water partition coefficient (Wildman–Crippen LogP) is 0.656. The molecule has 5 nitrogen and oxygen atoms in total. The number of rotatable bonds is 2. The van der Waals surface area contributed by atoms with Gasteiger partial charge in [0.2, 0.25) is 5.13 Å². The Hall–Kier alpha value is -1.01. The molecule has 1 aromatic rings. The molecule has 1 fully saturated rings. The van der Waals surface area contributed by atoms with Crippen molar-refractivity contribution in [3.8, 4) is 0 Å². The zero-order chi connectivity index (χ0) is 9.10. The van der Waals surface area contributed by atoms with Crippen molar-refractivity contribution in [2.45, 2.75) is 18.9 Å². The molecule has 0 aliphatic carbocycles. The monoisotopic (exact) mass is 199 g/mol. The maximum Gasteiger partial charge on any atom is 0.255 e. The van der Waals surface area contributed by atoms with E-state index in [1.807, 2.05) is 0 Å². The summed E-state index contributed by atoms with van der Waals surface area (Å²) in [6.45, 7) is 0.675. The molecule has 1 unspecified atom stereocenters. The van der Waals surface area contributed by atoms with Crippen LogP contribution in [0.1, 0.15) is 12.8 Å². The van der Waals surface area contributed by atoms with Gasteiger partial charge < -0.3 is 4.74 Å². The Morgan fingerprint density at radius 2 is 2.69 bits per heavy atom. The summed E-state index contributed by atoms with van der Waals surface area (Å²) in [4.78, 5) is 15.3. The lowest BCUT2D eigenvalue weighted by Crippen LogP contribution is -2.26. The van der Waals surface area contributed by atoms with E-state index in [0.717, 1.165) is 24.4 Å². The van der Waals surface area contributed by atoms with Crippen molar-refractivity contribution in [3.63, 3.8) is 0 Å². The predicted molar refractivity (Wildman–Crippen MR) is 47.5 cm³/mol. The number of hydrogen-bond donors (Lipinski definition) is 1. The van der Waals surface area contributed by atoms with Crippen LogP contribution in [0.25, 0.3) is 0 Å². The number of nitrogens with one attached hydrogen (secondary N) is 1. The molecule has 0 bridgehead atoms. The zero-order valence-electron chi connectivity index (χ0n) is 6.90. The number of aromatic nitrogens is 2. The van der Waals surface area contributed by atoms with Gasteiger partial charge in [0.25, 0.3) is 5.91 Å². The van der Waals surface area contributed by atoms with Gasteiger partial charge in [0.05, 0.1) is 0 Å². The van der Waals surface area contributed by atoms with Crippen LogP contribution in [0.5, 0.6) is 0 Å². The second-order valence-electron chi connectivity index (χ2n) is 2.74. The van der Waals surface area contributed by atoms with Gasteiger partial charge in [0.15, 0.2) is 0 Å². The van der Waals surface area contributed by atoms with Gasteiger partial charge in [-0.25, -0.2) is 4.98 Å². The number of carbonyl (C=O) groups excluding carboxylic acids is 1. The quantitative estimate of drug-likeness (QED) is 0.759. The maximum atomic E-state index is 11.4. The molecule has 13 heavy (non-hydrogen) atoms. The van der Waals surface area contributed by atoms with Crippen molar-refractivity contribution in [3.05, 3.63) is 6.33 Å². The Morgan fingerprint density at radius 3 is 3.31 bits per heavy atom. The van der Waals surface area contributed by atoms with Crippen LogP contribution < -0.4 is 5.32 Å². The van der Waals surface area contributed by atoms with E-state index >= 15 is 0 Å². The van der Waals surface area contributed by atoms with Crippen molar-refractivity contribution in [2.24, 2.45) is 0 Å². The first-order chi connectivity index (χ1) is 6.36. The Bertz CT molecular complexity index is 282. The SMILES string of the molecule is O=C(Nc1ncns1)C1CCCO1. The minimum atomic E-state index is -0.302. The third-order valence-electron chi connectivity index (χ3n) is 1.81. The lowest BCUT2D eigenvalue weighted by atomic mass is 10.2. The van der Waals surface area contributed by atoms with Gasteiger partial charge in [-0.1, -0.05) is 0 Å². The molecular weight excluding hydrogens is 190 g/mol. The number of hydrogen-bond acceptors (Lipinski definition) is 5. The van der Waals surface area contributed by atoms with Crippen LogP contribution in [0, 0.1) is 0 Å². The summed E-state index contributed by atoms with van der Waals surface area (Å²) in [5.41, 5.74) is 0. The molecule has 1 aliphatic heterocycles. The van der Waals surface area contributed by atoms with Crippen molar-refractivity contribution >= 4 is 22.6 Å². The lowest BCUT2D eigenvalue weighted by molar-refractivity contribution is -0.124. The number of carbonyl (C=O) groups is 1. The average molecular weight is 199 g/mol. The summed E-state index contributed by atoms with van der Waals surface area (Å²) in [7, 11) is 0. The largest absolute Gasteiger partial charge is 0.368 e. The van der Waals surface area contributed by atoms with E-state index in [0.29, 0.717) is 11.7 Å². The normalized spacial score (nSPS) is 21.7. The van der Waals surface area contributed by atoms with Crippen molar-refractivity contribution < 1.29 is 9.53 Å². The Morgan fingerprint density at radius 1 is 1.77 bits per heavy atom. The topological polar surface area (TPSA) is 64.1 Å². The highest BCUT2D eigenvalue weighted by molar-refractivity contribution is 7.09. The number of amides is 1. The van der Waals surface area contributed by atoms with Gasteiger partial charge >= 0.3 is 0 Å². The second kappa shape index (κ2) is 3.80. The van der Waals surface area contributed by atoms with E-state index < -0.39 is 0 Å². The molecule has 70 valence electrons. The van der Waals surface area contributed by atoms with Crippen molar-refractivity contribution in [1.29, 1.82) is 0 Å². The maximum absolute atomic E-state index is 11.4. The average Bonchev–Trinajstić information content (AvgIpc) is 2.74. The molecule has 1 aromatic heterocycles. The van der Waals surface area contributed by atoms with Crippen LogP contribution >= 0.6 is 11.5 Å². The molecule has 1 aliphatic rings. The zero-order valence-corrected chi connectivity index (χ0v) is 7.71. The molecule has 1 amide bonds. The van der Waals surface area contributed by atoms with E-state index in [4.69, 9.17) is 4.74 Å². The Labute approximate surface area is 79.3 Å². The third kappa shape index (κ3) is 2.02. The number of ether oxygens (including phenoxy) is 1. The highest BCUT2D eigenvalue weighted by Gasteiger charge is 2.23. The molecule has 0 radical (unpaired) electrons. The van der Waals surface area contributed by atoms with E-state index in [2.05, 4.69) is 14.7 Å². The summed E-state index contributed by atoms with van der Waals surface area (Å²) < 4.78 is 8.98. The summed E-state index contributed by atoms with van der Waals surface area (Å²) in [5.74, 6) is -0.116. The first-order valence-corrected chi connectivity index (χ1v) is 4.83. The summed E-state index contributed by atoms with van der Waals surface area (Å²) in [6, 6.07) is 0. The summed E-state index contributed by atoms with van der Waals surface area (Å²) >= 11 is 1.16. The van der Waals surface area contributed by atoms with Gasteiger partial charge in [-0.2, -0.15) is 4.37 Å². The lowest BCUT2D eigenvalue weighted by Gasteiger charge is -2.06. The molecule has 2 rings (SSSR count). The van der Waals surface area contributed by atoms with E-state index in [9.17, 15) is 4.79 Å². The standard InChI is InChI=1S/C7H9N3O2S/c11-6(5-2-1-3-12-5)10-7-8-4-9-13-7/h4-5H,1-3H2,(H,8,9,10,11). The molecule has 0 saturated carbocycles. The summed E-state index contributed by atoms with van der Waals surface area (Å²) in [5, 5.41) is 3.17. The van der Waals surface area contributed by atoms with E-state index in [1.165, 1.54) is 6.33 Å². The third-order valence-corrected chi connectivity index (χ3v) is 2.39. The van der Waals surface area contributed by atoms with Crippen LogP contribution in [-0.4, -0.2) is 28.0 Å². The van der Waals surface area contributed by atoms with Gasteiger partial charge in [-0.3, -0.25) is 10.1 Å². The number of anilines is 1. The first kappa shape index (κ1) is 8.58. The van der Waals surface area contributed by atoms with Crippen LogP contribution in [-0.2, 0) is 9.53 Å². The molecule has 0 spiro atoms. The van der Waals surface area contributed by atoms with E-state index in [-0.39, 0.29) is 12.0 Å². The van der Waals surface area contributed by atoms with Crippen LogP contribution in [0.3, 0.4) is 0 Å². The molecule has 1 saturated heterocycles. The smallest absolute Gasteiger partial charge is 0.255 e. The molecule has 2 heterocycles. The molecule has 1 atom stereocenters. The fourth-order valence-electron chi connectivity index (χ4n) is 1.20. The van der Waals surface area contributed by atoms with E-state index in [1.54, 1.807) is 0 Å². The van der Waals surface area contributed by atoms with Gasteiger partial charge in [0, 0.05) is 18.1 Å². The van der Waals surface area contributed by atoms with Crippen molar-refractivity contribution in [1.82, 2.24) is 9.36 Å². The number of nitrogens with zero attached hydrogens (tertiary/aromatic N) is 2. The molecular formula is C7H9N3O2S. The highest BCUT2D eigenvalue weighted by atomic mass is 32.1. The molecule has 0 aromatic carbocycles. The Kier molecular flexibility index (Phi) is 2.51. The van der Waals surface area contributed by atoms with Gasteiger partial charge in [-0.15, -0.1) is 0 Å². The molecule has 6 heteroatoms. The fourth-order valence-corrected chi connectivity index (χ4v) is 1.63. The first-order valence-electron chi connectivity index (χ1n) is 4.05. The summed E-state index contributed by atoms with van der Waals surface area (Å²) in [6.07, 6.45) is 2.86. The highest BCUT2D eigenvalue weighted by Crippen LogP contribution is 2.15. The minimum absolute atomic E-state index is 0.116. The fraction of sp³-hybridized carbons (Fsp3) is 0.571.